The predicted molar refractivity (Wildman–Crippen MR) is 141 cm³/mol. The number of benzene rings is 2. The highest BCUT2D eigenvalue weighted by Crippen LogP contribution is 2.32. The van der Waals surface area contributed by atoms with Crippen LogP contribution in [0.3, 0.4) is 0 Å². The number of amides is 1. The van der Waals surface area contributed by atoms with E-state index in [1.54, 1.807) is 31.2 Å². The van der Waals surface area contributed by atoms with Crippen molar-refractivity contribution in [3.8, 4) is 5.75 Å². The third-order valence-electron chi connectivity index (χ3n) is 5.35. The van der Waals surface area contributed by atoms with Crippen molar-refractivity contribution in [3.05, 3.63) is 70.2 Å². The number of anilines is 1. The molecule has 0 bridgehead atoms. The maximum absolute atomic E-state index is 12.4. The average Bonchev–Trinajstić information content (AvgIpc) is 3.38. The molecule has 1 aliphatic rings. The number of rotatable bonds is 9. The summed E-state index contributed by atoms with van der Waals surface area (Å²) >= 11 is 1.43. The highest BCUT2D eigenvalue weighted by molar-refractivity contribution is 7.91. The van der Waals surface area contributed by atoms with Crippen LogP contribution in [0.5, 0.6) is 5.75 Å². The minimum atomic E-state index is -3.27. The summed E-state index contributed by atoms with van der Waals surface area (Å²) in [7, 11) is -3.27. The quantitative estimate of drug-likeness (QED) is 0.370. The molecule has 37 heavy (non-hydrogen) atoms. The van der Waals surface area contributed by atoms with Gasteiger partial charge in [0.2, 0.25) is 5.91 Å². The molecule has 7 nitrogen and oxygen atoms in total. The van der Waals surface area contributed by atoms with Crippen LogP contribution in [-0.2, 0) is 40.7 Å². The summed E-state index contributed by atoms with van der Waals surface area (Å²) in [5.74, 6) is -0.0635. The fourth-order valence-corrected chi connectivity index (χ4v) is 5.54. The summed E-state index contributed by atoms with van der Waals surface area (Å²) in [5, 5.41) is 3.35. The van der Waals surface area contributed by atoms with E-state index in [-0.39, 0.29) is 28.7 Å². The van der Waals surface area contributed by atoms with Crippen LogP contribution in [-0.4, -0.2) is 36.6 Å². The van der Waals surface area contributed by atoms with Crippen LogP contribution in [0.1, 0.15) is 48.9 Å². The first kappa shape index (κ1) is 28.7. The average molecular weight is 552 g/mol. The Morgan fingerprint density at radius 3 is 2.24 bits per heavy atom. The van der Waals surface area contributed by atoms with Gasteiger partial charge in [-0.1, -0.05) is 51.5 Å². The highest BCUT2D eigenvalue weighted by atomic mass is 32.2. The molecule has 2 aromatic carbocycles. The summed E-state index contributed by atoms with van der Waals surface area (Å²) in [5.41, 5.74) is 2.60. The Hall–Kier alpha value is -2.89. The SMILES string of the molecule is CCC.CCS(=O)(=O)c1ccc(CC(=O)Nc2nc3c(s2)CN(Cc2ccc(OC(F)F)cc2)C3)cc1. The van der Waals surface area contributed by atoms with Gasteiger partial charge in [-0.05, 0) is 35.4 Å². The molecule has 3 aromatic rings. The van der Waals surface area contributed by atoms with Crippen LogP contribution in [0.25, 0.3) is 0 Å². The number of carbonyl (C=O) groups is 1. The maximum Gasteiger partial charge on any atom is 0.387 e. The molecule has 0 saturated heterocycles. The van der Waals surface area contributed by atoms with E-state index in [1.807, 2.05) is 0 Å². The van der Waals surface area contributed by atoms with E-state index in [0.29, 0.717) is 30.3 Å². The first-order valence-electron chi connectivity index (χ1n) is 12.0. The van der Waals surface area contributed by atoms with Gasteiger partial charge in [0.25, 0.3) is 0 Å². The number of fused-ring (bicyclic) bond motifs is 1. The van der Waals surface area contributed by atoms with Crippen molar-refractivity contribution in [2.45, 2.75) is 64.8 Å². The summed E-state index contributed by atoms with van der Waals surface area (Å²) < 4.78 is 52.7. The fourth-order valence-electron chi connectivity index (χ4n) is 3.63. The van der Waals surface area contributed by atoms with Gasteiger partial charge < -0.3 is 10.1 Å². The van der Waals surface area contributed by atoms with E-state index in [4.69, 9.17) is 0 Å². The van der Waals surface area contributed by atoms with Crippen molar-refractivity contribution in [2.75, 3.05) is 11.1 Å². The molecule has 0 unspecified atom stereocenters. The molecule has 200 valence electrons. The van der Waals surface area contributed by atoms with E-state index in [1.165, 1.54) is 42.0 Å². The van der Waals surface area contributed by atoms with Crippen molar-refractivity contribution in [3.63, 3.8) is 0 Å². The molecule has 2 heterocycles. The smallest absolute Gasteiger partial charge is 0.387 e. The highest BCUT2D eigenvalue weighted by Gasteiger charge is 2.24. The second-order valence-corrected chi connectivity index (χ2v) is 11.9. The number of thiazole rings is 1. The van der Waals surface area contributed by atoms with Crippen molar-refractivity contribution in [1.82, 2.24) is 9.88 Å². The van der Waals surface area contributed by atoms with Gasteiger partial charge in [0.05, 0.1) is 22.8 Å². The van der Waals surface area contributed by atoms with E-state index in [0.717, 1.165) is 16.1 Å². The second kappa shape index (κ2) is 13.1. The van der Waals surface area contributed by atoms with E-state index in [2.05, 4.69) is 33.8 Å². The number of halogens is 2. The van der Waals surface area contributed by atoms with Crippen LogP contribution in [0, 0.1) is 0 Å². The number of nitrogens with one attached hydrogen (secondary N) is 1. The first-order valence-corrected chi connectivity index (χ1v) is 14.5. The van der Waals surface area contributed by atoms with Crippen LogP contribution in [0.2, 0.25) is 0 Å². The van der Waals surface area contributed by atoms with Gasteiger partial charge in [-0.15, -0.1) is 11.3 Å². The van der Waals surface area contributed by atoms with Crippen LogP contribution in [0.15, 0.2) is 53.4 Å². The van der Waals surface area contributed by atoms with Crippen LogP contribution in [0.4, 0.5) is 13.9 Å². The third kappa shape index (κ3) is 8.31. The van der Waals surface area contributed by atoms with Crippen molar-refractivity contribution >= 4 is 32.2 Å². The second-order valence-electron chi connectivity index (χ2n) is 8.54. The summed E-state index contributed by atoms with van der Waals surface area (Å²) in [6.45, 7) is 4.96. The molecule has 1 aliphatic heterocycles. The lowest BCUT2D eigenvalue weighted by atomic mass is 10.1. The van der Waals surface area contributed by atoms with Crippen molar-refractivity contribution < 1.29 is 26.7 Å². The Bertz CT molecular complexity index is 1250. The van der Waals surface area contributed by atoms with Gasteiger partial charge in [0, 0.05) is 24.5 Å². The van der Waals surface area contributed by atoms with E-state index in [9.17, 15) is 22.0 Å². The topological polar surface area (TPSA) is 88.6 Å². The largest absolute Gasteiger partial charge is 0.435 e. The minimum absolute atomic E-state index is 0.0293. The molecular weight excluding hydrogens is 520 g/mol. The number of hydrogen-bond acceptors (Lipinski definition) is 7. The van der Waals surface area contributed by atoms with Gasteiger partial charge in [-0.2, -0.15) is 8.78 Å². The molecule has 0 atom stereocenters. The lowest BCUT2D eigenvalue weighted by molar-refractivity contribution is -0.115. The Balaban J connectivity index is 0.00000121. The number of sulfone groups is 1. The molecule has 1 N–H and O–H groups in total. The number of carbonyl (C=O) groups excluding carboxylic acids is 1. The zero-order valence-electron chi connectivity index (χ0n) is 21.0. The molecule has 4 rings (SSSR count). The van der Waals surface area contributed by atoms with Crippen molar-refractivity contribution in [1.29, 1.82) is 0 Å². The molecule has 0 aliphatic carbocycles. The first-order chi connectivity index (χ1) is 17.6. The fraction of sp³-hybridized carbons (Fsp3) is 0.385. The maximum atomic E-state index is 12.4. The van der Waals surface area contributed by atoms with E-state index >= 15 is 0 Å². The Morgan fingerprint density at radius 2 is 1.68 bits per heavy atom. The molecule has 0 spiro atoms. The number of nitrogens with zero attached hydrogens (tertiary/aromatic N) is 2. The van der Waals surface area contributed by atoms with Gasteiger partial charge in [0.1, 0.15) is 5.75 Å². The van der Waals surface area contributed by atoms with Crippen molar-refractivity contribution in [2.24, 2.45) is 0 Å². The molecule has 11 heteroatoms. The number of alkyl halides is 2. The molecule has 1 aromatic heterocycles. The number of aromatic nitrogens is 1. The van der Waals surface area contributed by atoms with Gasteiger partial charge in [-0.3, -0.25) is 9.69 Å². The number of hydrogen-bond donors (Lipinski definition) is 1. The normalized spacial score (nSPS) is 13.1. The Kier molecular flexibility index (Phi) is 10.1. The predicted octanol–water partition coefficient (Wildman–Crippen LogP) is 5.65. The zero-order valence-corrected chi connectivity index (χ0v) is 22.7. The monoisotopic (exact) mass is 551 g/mol. The molecular formula is C26H31F2N3O4S2. The third-order valence-corrected chi connectivity index (χ3v) is 8.10. The minimum Gasteiger partial charge on any atom is -0.435 e. The Morgan fingerprint density at radius 1 is 1.05 bits per heavy atom. The zero-order chi connectivity index (χ0) is 27.0. The molecule has 1 amide bonds. The summed E-state index contributed by atoms with van der Waals surface area (Å²) in [4.78, 5) is 20.4. The van der Waals surface area contributed by atoms with E-state index < -0.39 is 16.4 Å². The van der Waals surface area contributed by atoms with Crippen LogP contribution < -0.4 is 10.1 Å². The lowest BCUT2D eigenvalue weighted by Crippen LogP contribution is -2.17. The molecule has 0 radical (unpaired) electrons. The summed E-state index contributed by atoms with van der Waals surface area (Å²) in [6.07, 6.45) is 1.37. The Labute approximate surface area is 220 Å². The number of ether oxygens (including phenoxy) is 1. The van der Waals surface area contributed by atoms with Crippen LogP contribution >= 0.6 is 11.3 Å². The lowest BCUT2D eigenvalue weighted by Gasteiger charge is -2.15. The van der Waals surface area contributed by atoms with Gasteiger partial charge in [0.15, 0.2) is 15.0 Å². The molecule has 0 saturated carbocycles. The van der Waals surface area contributed by atoms with Gasteiger partial charge >= 0.3 is 6.61 Å². The van der Waals surface area contributed by atoms with Gasteiger partial charge in [-0.25, -0.2) is 13.4 Å². The molecule has 0 fully saturated rings. The summed E-state index contributed by atoms with van der Waals surface area (Å²) in [6, 6.07) is 12.9. The standard InChI is InChI=1S/C23H23F2N3O4S2.C3H8/c1-2-34(30,31)18-9-5-15(6-10-18)11-21(29)27-23-26-19-13-28(14-20(19)33-23)12-16-3-7-17(8-4-16)32-22(24)25;1-3-2/h3-10,22H,2,11-14H2,1H3,(H,26,27,29);3H2,1-2H3.